The number of benzene rings is 1. The third-order valence-corrected chi connectivity index (χ3v) is 2.26. The molecule has 1 atom stereocenters. The number of para-hydroxylation sites is 1. The Hall–Kier alpha value is -2.15. The topological polar surface area (TPSA) is 84.9 Å². The number of hydrogen-bond acceptors (Lipinski definition) is 4. The number of alkyl halides is 1. The lowest BCUT2D eigenvalue weighted by atomic mass is 10.3. The van der Waals surface area contributed by atoms with Crippen molar-refractivity contribution in [3.63, 3.8) is 0 Å². The molecule has 1 amide bonds. The number of nitrogens with one attached hydrogen (secondary N) is 1. The summed E-state index contributed by atoms with van der Waals surface area (Å²) >= 11 is 0. The second-order valence-electron chi connectivity index (χ2n) is 3.83. The number of rotatable bonds is 9. The summed E-state index contributed by atoms with van der Waals surface area (Å²) in [7, 11) is 0. The average molecular weight is 285 g/mol. The lowest BCUT2D eigenvalue weighted by Crippen LogP contribution is -2.44. The molecule has 20 heavy (non-hydrogen) atoms. The minimum absolute atomic E-state index is 0.162. The maximum Gasteiger partial charge on any atom is 0.328 e. The van der Waals surface area contributed by atoms with Gasteiger partial charge in [0.25, 0.3) is 0 Å². The van der Waals surface area contributed by atoms with Crippen LogP contribution in [-0.4, -0.2) is 49.5 Å². The molecule has 1 aromatic carbocycles. The van der Waals surface area contributed by atoms with E-state index in [4.69, 9.17) is 14.6 Å². The highest BCUT2D eigenvalue weighted by molar-refractivity contribution is 5.84. The minimum atomic E-state index is -1.54. The van der Waals surface area contributed by atoms with Crippen LogP contribution in [0.4, 0.5) is 4.39 Å². The summed E-state index contributed by atoms with van der Waals surface area (Å²) in [6.07, 6.45) is 0. The van der Waals surface area contributed by atoms with Gasteiger partial charge >= 0.3 is 5.97 Å². The monoisotopic (exact) mass is 285 g/mol. The van der Waals surface area contributed by atoms with Gasteiger partial charge in [-0.2, -0.15) is 0 Å². The third-order valence-electron chi connectivity index (χ3n) is 2.26. The molecule has 0 aromatic heterocycles. The van der Waals surface area contributed by atoms with Gasteiger partial charge in [0.05, 0.1) is 6.61 Å². The Morgan fingerprint density at radius 2 is 1.95 bits per heavy atom. The predicted molar refractivity (Wildman–Crippen MR) is 68.3 cm³/mol. The van der Waals surface area contributed by atoms with Crippen LogP contribution in [0.15, 0.2) is 30.3 Å². The Morgan fingerprint density at radius 3 is 2.55 bits per heavy atom. The summed E-state index contributed by atoms with van der Waals surface area (Å²) in [4.78, 5) is 21.7. The molecule has 1 unspecified atom stereocenters. The molecule has 1 aromatic rings. The lowest BCUT2D eigenvalue weighted by molar-refractivity contribution is -0.143. The Balaban J connectivity index is 2.12. The van der Waals surface area contributed by atoms with E-state index in [1.54, 1.807) is 12.1 Å². The molecule has 0 aliphatic rings. The van der Waals surface area contributed by atoms with Crippen molar-refractivity contribution in [1.82, 2.24) is 5.32 Å². The highest BCUT2D eigenvalue weighted by Gasteiger charge is 2.19. The van der Waals surface area contributed by atoms with E-state index in [0.29, 0.717) is 5.75 Å². The molecule has 0 radical (unpaired) electrons. The number of amides is 1. The van der Waals surface area contributed by atoms with E-state index >= 15 is 0 Å². The highest BCUT2D eigenvalue weighted by atomic mass is 19.1. The fraction of sp³-hybridized carbons (Fsp3) is 0.385. The zero-order chi connectivity index (χ0) is 14.8. The van der Waals surface area contributed by atoms with Crippen LogP contribution in [0.25, 0.3) is 0 Å². The van der Waals surface area contributed by atoms with Gasteiger partial charge < -0.3 is 19.9 Å². The first-order valence-electron chi connectivity index (χ1n) is 5.97. The Morgan fingerprint density at radius 1 is 1.25 bits per heavy atom. The Bertz CT molecular complexity index is 426. The van der Waals surface area contributed by atoms with Crippen molar-refractivity contribution in [1.29, 1.82) is 0 Å². The zero-order valence-electron chi connectivity index (χ0n) is 10.8. The molecule has 0 spiro atoms. The number of carbonyl (C=O) groups is 2. The molecule has 0 fully saturated rings. The molecule has 0 saturated heterocycles. The quantitative estimate of drug-likeness (QED) is 0.650. The van der Waals surface area contributed by atoms with Crippen LogP contribution in [0.3, 0.4) is 0 Å². The summed E-state index contributed by atoms with van der Waals surface area (Å²) in [6, 6.07) is 7.54. The Labute approximate surface area is 115 Å². The molecule has 0 aliphatic heterocycles. The molecule has 0 aliphatic carbocycles. The largest absolute Gasteiger partial charge is 0.491 e. The van der Waals surface area contributed by atoms with Gasteiger partial charge in [0.2, 0.25) is 5.91 Å². The first-order valence-corrected chi connectivity index (χ1v) is 5.97. The first-order chi connectivity index (χ1) is 9.63. The predicted octanol–water partition coefficient (Wildman–Crippen LogP) is 0.621. The number of carboxylic acids is 1. The van der Waals surface area contributed by atoms with Gasteiger partial charge in [0, 0.05) is 0 Å². The van der Waals surface area contributed by atoms with Gasteiger partial charge in [-0.1, -0.05) is 18.2 Å². The molecule has 0 saturated carbocycles. The van der Waals surface area contributed by atoms with Gasteiger partial charge in [-0.15, -0.1) is 0 Å². The van der Waals surface area contributed by atoms with E-state index in [1.165, 1.54) is 0 Å². The van der Waals surface area contributed by atoms with Gasteiger partial charge in [-0.25, -0.2) is 9.18 Å². The molecule has 0 heterocycles. The summed E-state index contributed by atoms with van der Waals surface area (Å²) in [6.45, 7) is -1.10. The fourth-order valence-electron chi connectivity index (χ4n) is 1.30. The van der Waals surface area contributed by atoms with Gasteiger partial charge in [0.15, 0.2) is 6.04 Å². The van der Waals surface area contributed by atoms with Crippen molar-refractivity contribution >= 4 is 11.9 Å². The number of halogens is 1. The normalized spacial score (nSPS) is 11.7. The number of carboxylic acid groups (broad SMARTS) is 1. The zero-order valence-corrected chi connectivity index (χ0v) is 10.8. The van der Waals surface area contributed by atoms with Crippen molar-refractivity contribution < 1.29 is 28.6 Å². The van der Waals surface area contributed by atoms with Crippen LogP contribution >= 0.6 is 0 Å². The van der Waals surface area contributed by atoms with Gasteiger partial charge in [-0.3, -0.25) is 4.79 Å². The molecule has 2 N–H and O–H groups in total. The number of ether oxygens (including phenoxy) is 2. The average Bonchev–Trinajstić information content (AvgIpc) is 2.45. The standard InChI is InChI=1S/C13H16FNO5/c14-8-11(13(17)18)15-12(16)9-19-6-7-20-10-4-2-1-3-5-10/h1-5,11H,6-9H2,(H,15,16)(H,17,18). The van der Waals surface area contributed by atoms with Crippen molar-refractivity contribution in [2.24, 2.45) is 0 Å². The maximum atomic E-state index is 12.2. The van der Waals surface area contributed by atoms with Gasteiger partial charge in [0.1, 0.15) is 25.6 Å². The molecular formula is C13H16FNO5. The van der Waals surface area contributed by atoms with E-state index in [2.05, 4.69) is 0 Å². The number of carbonyl (C=O) groups excluding carboxylic acids is 1. The Kier molecular flexibility index (Phi) is 7.05. The van der Waals surface area contributed by atoms with E-state index in [1.807, 2.05) is 23.5 Å². The van der Waals surface area contributed by atoms with Crippen molar-refractivity contribution in [3.8, 4) is 5.75 Å². The molecule has 110 valence electrons. The van der Waals surface area contributed by atoms with Crippen LogP contribution in [-0.2, 0) is 14.3 Å². The molecule has 7 heteroatoms. The molecule has 1 rings (SSSR count). The van der Waals surface area contributed by atoms with E-state index in [-0.39, 0.29) is 19.8 Å². The van der Waals surface area contributed by atoms with E-state index in [9.17, 15) is 14.0 Å². The molecular weight excluding hydrogens is 269 g/mol. The second kappa shape index (κ2) is 8.87. The van der Waals surface area contributed by atoms with Crippen LogP contribution in [0.2, 0.25) is 0 Å². The van der Waals surface area contributed by atoms with Crippen molar-refractivity contribution in [3.05, 3.63) is 30.3 Å². The van der Waals surface area contributed by atoms with E-state index < -0.39 is 24.6 Å². The molecule has 6 nitrogen and oxygen atoms in total. The second-order valence-corrected chi connectivity index (χ2v) is 3.83. The van der Waals surface area contributed by atoms with Crippen molar-refractivity contribution in [2.75, 3.05) is 26.5 Å². The lowest BCUT2D eigenvalue weighted by Gasteiger charge is -2.11. The van der Waals surface area contributed by atoms with Crippen LogP contribution in [0.1, 0.15) is 0 Å². The smallest absolute Gasteiger partial charge is 0.328 e. The SMILES string of the molecule is O=C(COCCOc1ccccc1)NC(CF)C(=O)O. The van der Waals surface area contributed by atoms with Crippen LogP contribution < -0.4 is 10.1 Å². The maximum absolute atomic E-state index is 12.2. The van der Waals surface area contributed by atoms with Crippen LogP contribution in [0, 0.1) is 0 Å². The van der Waals surface area contributed by atoms with Gasteiger partial charge in [-0.05, 0) is 12.1 Å². The fourth-order valence-corrected chi connectivity index (χ4v) is 1.30. The minimum Gasteiger partial charge on any atom is -0.491 e. The first kappa shape index (κ1) is 15.9. The highest BCUT2D eigenvalue weighted by Crippen LogP contribution is 2.07. The molecule has 0 bridgehead atoms. The van der Waals surface area contributed by atoms with E-state index in [0.717, 1.165) is 0 Å². The van der Waals surface area contributed by atoms with Crippen LogP contribution in [0.5, 0.6) is 5.75 Å². The van der Waals surface area contributed by atoms with Crippen molar-refractivity contribution in [2.45, 2.75) is 6.04 Å². The summed E-state index contributed by atoms with van der Waals surface area (Å²) in [5.41, 5.74) is 0. The summed E-state index contributed by atoms with van der Waals surface area (Å²) in [5, 5.41) is 10.5. The third kappa shape index (κ3) is 6.14. The number of hydrogen-bond donors (Lipinski definition) is 2. The number of aliphatic carboxylic acids is 1. The summed E-state index contributed by atoms with van der Waals surface area (Å²) in [5.74, 6) is -1.42. The summed E-state index contributed by atoms with van der Waals surface area (Å²) < 4.78 is 22.6.